The zero-order valence-electron chi connectivity index (χ0n) is 11.8. The predicted octanol–water partition coefficient (Wildman–Crippen LogP) is 0.288. The zero-order chi connectivity index (χ0) is 14.8. The Kier molecular flexibility index (Phi) is 4.77. The Morgan fingerprint density at radius 2 is 1.95 bits per heavy atom. The van der Waals surface area contributed by atoms with E-state index >= 15 is 0 Å². The summed E-state index contributed by atoms with van der Waals surface area (Å²) < 4.78 is 30.2. The maximum Gasteiger partial charge on any atom is 0.253 e. The van der Waals surface area contributed by atoms with Crippen molar-refractivity contribution >= 4 is 10.0 Å². The number of nitrogens with one attached hydrogen (secondary N) is 1. The maximum atomic E-state index is 12.5. The van der Waals surface area contributed by atoms with Crippen LogP contribution in [-0.2, 0) is 21.3 Å². The van der Waals surface area contributed by atoms with Crippen LogP contribution < -0.4 is 10.6 Å². The molecule has 0 bridgehead atoms. The summed E-state index contributed by atoms with van der Waals surface area (Å²) in [5.74, 6) is 0. The second kappa shape index (κ2) is 6.19. The number of aryl methyl sites for hydroxylation is 1. The lowest BCUT2D eigenvalue weighted by atomic mass is 10.1. The molecular formula is C13H21N3O3S. The highest BCUT2D eigenvalue weighted by molar-refractivity contribution is 7.89. The van der Waals surface area contributed by atoms with Crippen LogP contribution in [0.4, 0.5) is 0 Å². The zero-order valence-corrected chi connectivity index (χ0v) is 12.7. The summed E-state index contributed by atoms with van der Waals surface area (Å²) in [7, 11) is -3.58. The van der Waals surface area contributed by atoms with Crippen LogP contribution in [0.15, 0.2) is 17.0 Å². The van der Waals surface area contributed by atoms with Gasteiger partial charge in [0, 0.05) is 19.6 Å². The highest BCUT2D eigenvalue weighted by Gasteiger charge is 2.23. The molecule has 0 unspecified atom stereocenters. The number of sulfonamides is 1. The normalized spacial score (nSPS) is 17.4. The van der Waals surface area contributed by atoms with Crippen molar-refractivity contribution in [3.8, 4) is 0 Å². The minimum Gasteiger partial charge on any atom is -0.379 e. The molecule has 3 N–H and O–H groups in total. The van der Waals surface area contributed by atoms with Crippen LogP contribution in [0.5, 0.6) is 0 Å². The minimum atomic E-state index is -3.58. The first kappa shape index (κ1) is 15.4. The smallest absolute Gasteiger partial charge is 0.253 e. The first-order chi connectivity index (χ1) is 9.44. The van der Waals surface area contributed by atoms with E-state index in [1.807, 2.05) is 19.9 Å². The molecule has 6 nitrogen and oxygen atoms in total. The Bertz CT molecular complexity index is 581. The van der Waals surface area contributed by atoms with Crippen molar-refractivity contribution in [1.29, 1.82) is 0 Å². The highest BCUT2D eigenvalue weighted by atomic mass is 32.2. The van der Waals surface area contributed by atoms with Crippen LogP contribution in [0.25, 0.3) is 0 Å². The van der Waals surface area contributed by atoms with Gasteiger partial charge in [0.05, 0.1) is 18.1 Å². The molecule has 0 saturated carbocycles. The van der Waals surface area contributed by atoms with Crippen LogP contribution in [0.2, 0.25) is 0 Å². The van der Waals surface area contributed by atoms with Crippen molar-refractivity contribution < 1.29 is 13.2 Å². The lowest BCUT2D eigenvalue weighted by Gasteiger charge is -2.27. The molecule has 0 spiro atoms. The molecule has 0 aromatic heterocycles. The average Bonchev–Trinajstić information content (AvgIpc) is 2.42. The molecule has 1 fully saturated rings. The van der Waals surface area contributed by atoms with Crippen LogP contribution >= 0.6 is 0 Å². The van der Waals surface area contributed by atoms with Gasteiger partial charge in [-0.2, -0.15) is 0 Å². The largest absolute Gasteiger partial charge is 0.379 e. The van der Waals surface area contributed by atoms with Crippen LogP contribution in [0.1, 0.15) is 16.7 Å². The van der Waals surface area contributed by atoms with Gasteiger partial charge in [-0.25, -0.2) is 13.4 Å². The fourth-order valence-corrected chi connectivity index (χ4v) is 3.66. The minimum absolute atomic E-state index is 0.296. The lowest BCUT2D eigenvalue weighted by Crippen LogP contribution is -2.48. The van der Waals surface area contributed by atoms with Gasteiger partial charge in [-0.1, -0.05) is 6.07 Å². The van der Waals surface area contributed by atoms with E-state index in [2.05, 4.69) is 4.83 Å². The summed E-state index contributed by atoms with van der Waals surface area (Å²) in [6.45, 7) is 6.18. The van der Waals surface area contributed by atoms with Gasteiger partial charge in [0.25, 0.3) is 10.0 Å². The molecule has 0 atom stereocenters. The summed E-state index contributed by atoms with van der Waals surface area (Å²) in [6.07, 6.45) is 0. The number of morpholine rings is 1. The fourth-order valence-electron chi connectivity index (χ4n) is 2.17. The topological polar surface area (TPSA) is 84.7 Å². The number of benzene rings is 1. The van der Waals surface area contributed by atoms with Gasteiger partial charge in [-0.3, -0.25) is 0 Å². The summed E-state index contributed by atoms with van der Waals surface area (Å²) >= 11 is 0. The maximum absolute atomic E-state index is 12.5. The van der Waals surface area contributed by atoms with Crippen molar-refractivity contribution in [2.45, 2.75) is 25.3 Å². The molecule has 1 aromatic rings. The number of rotatable bonds is 4. The molecular weight excluding hydrogens is 278 g/mol. The van der Waals surface area contributed by atoms with Crippen LogP contribution in [0, 0.1) is 13.8 Å². The molecule has 1 saturated heterocycles. The summed E-state index contributed by atoms with van der Waals surface area (Å²) in [4.78, 5) is 2.91. The first-order valence-electron chi connectivity index (χ1n) is 6.59. The third-order valence-electron chi connectivity index (χ3n) is 3.47. The monoisotopic (exact) mass is 299 g/mol. The summed E-state index contributed by atoms with van der Waals surface area (Å²) in [5.41, 5.74) is 8.12. The summed E-state index contributed by atoms with van der Waals surface area (Å²) in [6, 6.07) is 3.56. The van der Waals surface area contributed by atoms with E-state index in [1.165, 1.54) is 0 Å². The van der Waals surface area contributed by atoms with E-state index in [-0.39, 0.29) is 0 Å². The molecule has 1 aliphatic heterocycles. The molecule has 0 radical (unpaired) electrons. The Hall–Kier alpha value is -0.990. The first-order valence-corrected chi connectivity index (χ1v) is 8.07. The van der Waals surface area contributed by atoms with E-state index in [1.54, 1.807) is 11.1 Å². The quantitative estimate of drug-likeness (QED) is 0.834. The number of hydrazine groups is 1. The van der Waals surface area contributed by atoms with Crippen molar-refractivity contribution in [2.24, 2.45) is 5.73 Å². The van der Waals surface area contributed by atoms with Crippen molar-refractivity contribution in [2.75, 3.05) is 26.3 Å². The van der Waals surface area contributed by atoms with E-state index in [0.717, 1.165) is 16.7 Å². The van der Waals surface area contributed by atoms with Gasteiger partial charge in [-0.05, 0) is 36.6 Å². The molecule has 1 heterocycles. The molecule has 20 heavy (non-hydrogen) atoms. The molecule has 7 heteroatoms. The Labute approximate surface area is 119 Å². The summed E-state index contributed by atoms with van der Waals surface area (Å²) in [5, 5.41) is 1.67. The number of hydrogen-bond acceptors (Lipinski definition) is 5. The van der Waals surface area contributed by atoms with E-state index in [0.29, 0.717) is 37.7 Å². The van der Waals surface area contributed by atoms with Gasteiger partial charge in [-0.15, -0.1) is 4.83 Å². The number of nitrogens with two attached hydrogens (primary N) is 1. The van der Waals surface area contributed by atoms with Crippen molar-refractivity contribution in [3.63, 3.8) is 0 Å². The number of ether oxygens (including phenoxy) is 1. The molecule has 1 aliphatic rings. The standard InChI is InChI=1S/C13H21N3O3S/c1-10-7-12(9-14)8-13(11(10)2)20(17,18)15-16-3-5-19-6-4-16/h7-8,15H,3-6,9,14H2,1-2H3. The number of hydrogen-bond donors (Lipinski definition) is 2. The SMILES string of the molecule is Cc1cc(CN)cc(S(=O)(=O)NN2CCOCC2)c1C. The van der Waals surface area contributed by atoms with E-state index in [9.17, 15) is 8.42 Å². The second-order valence-electron chi connectivity index (χ2n) is 4.93. The molecule has 0 amide bonds. The van der Waals surface area contributed by atoms with Gasteiger partial charge >= 0.3 is 0 Å². The van der Waals surface area contributed by atoms with Crippen LogP contribution in [-0.4, -0.2) is 39.7 Å². The molecule has 1 aromatic carbocycles. The molecule has 0 aliphatic carbocycles. The predicted molar refractivity (Wildman–Crippen MR) is 76.5 cm³/mol. The second-order valence-corrected chi connectivity index (χ2v) is 6.56. The molecule has 2 rings (SSSR count). The third-order valence-corrected chi connectivity index (χ3v) is 4.97. The third kappa shape index (κ3) is 3.36. The van der Waals surface area contributed by atoms with Gasteiger partial charge in [0.2, 0.25) is 0 Å². The van der Waals surface area contributed by atoms with Crippen molar-refractivity contribution in [1.82, 2.24) is 9.84 Å². The lowest BCUT2D eigenvalue weighted by molar-refractivity contribution is 0.0272. The Morgan fingerprint density at radius 1 is 1.30 bits per heavy atom. The fraction of sp³-hybridized carbons (Fsp3) is 0.538. The average molecular weight is 299 g/mol. The highest BCUT2D eigenvalue weighted by Crippen LogP contribution is 2.21. The Morgan fingerprint density at radius 3 is 2.55 bits per heavy atom. The molecule has 112 valence electrons. The Balaban J connectivity index is 2.30. The van der Waals surface area contributed by atoms with Gasteiger partial charge in [0.15, 0.2) is 0 Å². The van der Waals surface area contributed by atoms with E-state index in [4.69, 9.17) is 10.5 Å². The van der Waals surface area contributed by atoms with Gasteiger partial charge in [0.1, 0.15) is 0 Å². The van der Waals surface area contributed by atoms with Crippen LogP contribution in [0.3, 0.4) is 0 Å². The van der Waals surface area contributed by atoms with Crippen molar-refractivity contribution in [3.05, 3.63) is 28.8 Å². The number of nitrogens with zero attached hydrogens (tertiary/aromatic N) is 1. The van der Waals surface area contributed by atoms with Gasteiger partial charge < -0.3 is 10.5 Å². The van der Waals surface area contributed by atoms with E-state index < -0.39 is 10.0 Å².